The lowest BCUT2D eigenvalue weighted by Crippen LogP contribution is -2.41. The zero-order valence-electron chi connectivity index (χ0n) is 11.1. The third-order valence-corrected chi connectivity index (χ3v) is 2.54. The van der Waals surface area contributed by atoms with Crippen molar-refractivity contribution in [1.29, 1.82) is 0 Å². The van der Waals surface area contributed by atoms with E-state index in [1.807, 2.05) is 43.1 Å². The van der Waals surface area contributed by atoms with Gasteiger partial charge in [0.1, 0.15) is 0 Å². The van der Waals surface area contributed by atoms with Crippen LogP contribution in [0.5, 0.6) is 0 Å². The van der Waals surface area contributed by atoms with Crippen LogP contribution in [0.25, 0.3) is 0 Å². The molecule has 0 aliphatic carbocycles. The van der Waals surface area contributed by atoms with Gasteiger partial charge in [0.2, 0.25) is 5.91 Å². The summed E-state index contributed by atoms with van der Waals surface area (Å²) in [5.74, 6) is -0.0288. The quantitative estimate of drug-likeness (QED) is 0.736. The van der Waals surface area contributed by atoms with Crippen LogP contribution in [0, 0.1) is 0 Å². The van der Waals surface area contributed by atoms with Crippen molar-refractivity contribution in [2.75, 3.05) is 37.9 Å². The molecule has 0 fully saturated rings. The molecule has 1 rings (SSSR count). The molecular weight excluding hydrogens is 230 g/mol. The molecule has 0 bridgehead atoms. The molecule has 3 N–H and O–H groups in total. The summed E-state index contributed by atoms with van der Waals surface area (Å²) in [6.45, 7) is 2.72. The summed E-state index contributed by atoms with van der Waals surface area (Å²) >= 11 is 0. The number of ether oxygens (including phenoxy) is 1. The summed E-state index contributed by atoms with van der Waals surface area (Å²) in [5, 5.41) is 2.86. The van der Waals surface area contributed by atoms with E-state index in [4.69, 9.17) is 10.5 Å². The topological polar surface area (TPSA) is 67.6 Å². The fraction of sp³-hybridized carbons (Fsp3) is 0.462. The molecule has 1 aromatic carbocycles. The Morgan fingerprint density at radius 1 is 1.44 bits per heavy atom. The predicted molar refractivity (Wildman–Crippen MR) is 73.6 cm³/mol. The van der Waals surface area contributed by atoms with E-state index in [0.29, 0.717) is 18.8 Å². The molecule has 0 saturated heterocycles. The number of methoxy groups -OCH3 is 1. The van der Waals surface area contributed by atoms with Gasteiger partial charge in [-0.25, -0.2) is 0 Å². The molecule has 0 aliphatic rings. The maximum Gasteiger partial charge on any atom is 0.239 e. The lowest BCUT2D eigenvalue weighted by atomic mass is 10.2. The number of benzene rings is 1. The van der Waals surface area contributed by atoms with Crippen LogP contribution in [0.3, 0.4) is 0 Å². The molecule has 1 amide bonds. The van der Waals surface area contributed by atoms with Gasteiger partial charge in [0.25, 0.3) is 0 Å². The molecule has 100 valence electrons. The Hall–Kier alpha value is -1.75. The standard InChI is InChI=1S/C13H21N3O2/c1-10(9-18-3)15-13(17)8-16(2)12-6-4-11(14)5-7-12/h4-7,10H,8-9,14H2,1-3H3,(H,15,17). The van der Waals surface area contributed by atoms with Gasteiger partial charge in [-0.2, -0.15) is 0 Å². The third-order valence-electron chi connectivity index (χ3n) is 2.54. The maximum atomic E-state index is 11.7. The third kappa shape index (κ3) is 4.63. The van der Waals surface area contributed by atoms with Crippen LogP contribution >= 0.6 is 0 Å². The minimum absolute atomic E-state index is 0.0160. The molecule has 0 heterocycles. The molecule has 0 spiro atoms. The zero-order valence-corrected chi connectivity index (χ0v) is 11.1. The Bertz CT molecular complexity index is 378. The van der Waals surface area contributed by atoms with Crippen LogP contribution < -0.4 is 16.0 Å². The number of amides is 1. The average molecular weight is 251 g/mol. The zero-order chi connectivity index (χ0) is 13.5. The number of anilines is 2. The Balaban J connectivity index is 2.46. The summed E-state index contributed by atoms with van der Waals surface area (Å²) in [5.41, 5.74) is 7.29. The number of likely N-dealkylation sites (N-methyl/N-ethyl adjacent to an activating group) is 1. The number of hydrogen-bond acceptors (Lipinski definition) is 4. The number of nitrogens with zero attached hydrogens (tertiary/aromatic N) is 1. The monoisotopic (exact) mass is 251 g/mol. The first-order valence-corrected chi connectivity index (χ1v) is 5.88. The van der Waals surface area contributed by atoms with Crippen molar-refractivity contribution >= 4 is 17.3 Å². The second kappa shape index (κ2) is 6.86. The van der Waals surface area contributed by atoms with E-state index in [0.717, 1.165) is 5.69 Å². The van der Waals surface area contributed by atoms with Gasteiger partial charge in [0.05, 0.1) is 13.2 Å². The number of rotatable bonds is 6. The first-order chi connectivity index (χ1) is 8.52. The summed E-state index contributed by atoms with van der Waals surface area (Å²) in [7, 11) is 3.48. The smallest absolute Gasteiger partial charge is 0.239 e. The number of hydrogen-bond donors (Lipinski definition) is 2. The SMILES string of the molecule is COCC(C)NC(=O)CN(C)c1ccc(N)cc1. The lowest BCUT2D eigenvalue weighted by Gasteiger charge is -2.20. The molecule has 1 aromatic rings. The average Bonchev–Trinajstić information content (AvgIpc) is 2.29. The van der Waals surface area contributed by atoms with Crippen LogP contribution in [0.1, 0.15) is 6.92 Å². The Morgan fingerprint density at radius 2 is 2.06 bits per heavy atom. The molecule has 18 heavy (non-hydrogen) atoms. The maximum absolute atomic E-state index is 11.7. The van der Waals surface area contributed by atoms with Gasteiger partial charge in [-0.3, -0.25) is 4.79 Å². The van der Waals surface area contributed by atoms with Crippen LogP contribution in [-0.2, 0) is 9.53 Å². The van der Waals surface area contributed by atoms with Crippen molar-refractivity contribution in [3.8, 4) is 0 Å². The van der Waals surface area contributed by atoms with Crippen molar-refractivity contribution in [2.24, 2.45) is 0 Å². The molecule has 0 saturated carbocycles. The van der Waals surface area contributed by atoms with Gasteiger partial charge in [-0.1, -0.05) is 0 Å². The minimum Gasteiger partial charge on any atom is -0.399 e. The second-order valence-corrected chi connectivity index (χ2v) is 4.37. The van der Waals surface area contributed by atoms with Gasteiger partial charge in [0.15, 0.2) is 0 Å². The number of nitrogen functional groups attached to an aromatic ring is 1. The van der Waals surface area contributed by atoms with E-state index >= 15 is 0 Å². The van der Waals surface area contributed by atoms with E-state index in [2.05, 4.69) is 5.32 Å². The van der Waals surface area contributed by atoms with Gasteiger partial charge >= 0.3 is 0 Å². The van der Waals surface area contributed by atoms with Crippen LogP contribution in [0.15, 0.2) is 24.3 Å². The van der Waals surface area contributed by atoms with Gasteiger partial charge in [0, 0.05) is 31.6 Å². The largest absolute Gasteiger partial charge is 0.399 e. The van der Waals surface area contributed by atoms with E-state index < -0.39 is 0 Å². The number of nitrogens with two attached hydrogens (primary N) is 1. The summed E-state index contributed by atoms with van der Waals surface area (Å²) < 4.78 is 4.97. The highest BCUT2D eigenvalue weighted by atomic mass is 16.5. The van der Waals surface area contributed by atoms with Gasteiger partial charge in [-0.05, 0) is 31.2 Å². The highest BCUT2D eigenvalue weighted by Gasteiger charge is 2.10. The van der Waals surface area contributed by atoms with Crippen molar-refractivity contribution in [3.05, 3.63) is 24.3 Å². The van der Waals surface area contributed by atoms with Crippen molar-refractivity contribution < 1.29 is 9.53 Å². The van der Waals surface area contributed by atoms with Gasteiger partial charge < -0.3 is 20.7 Å². The van der Waals surface area contributed by atoms with E-state index in [1.54, 1.807) is 7.11 Å². The number of carbonyl (C=O) groups excluding carboxylic acids is 1. The molecule has 1 atom stereocenters. The fourth-order valence-electron chi connectivity index (χ4n) is 1.65. The normalized spacial score (nSPS) is 11.9. The Labute approximate surface area is 108 Å². The first kappa shape index (κ1) is 14.3. The van der Waals surface area contributed by atoms with Crippen LogP contribution in [-0.4, -0.2) is 39.3 Å². The second-order valence-electron chi connectivity index (χ2n) is 4.37. The predicted octanol–water partition coefficient (Wildman–Crippen LogP) is 0.856. The van der Waals surface area contributed by atoms with E-state index in [-0.39, 0.29) is 11.9 Å². The highest BCUT2D eigenvalue weighted by Crippen LogP contribution is 2.14. The van der Waals surface area contributed by atoms with Gasteiger partial charge in [-0.15, -0.1) is 0 Å². The molecule has 1 unspecified atom stereocenters. The van der Waals surface area contributed by atoms with Crippen molar-refractivity contribution in [3.63, 3.8) is 0 Å². The molecule has 0 aromatic heterocycles. The molecule has 5 heteroatoms. The summed E-state index contributed by atoms with van der Waals surface area (Å²) in [6.07, 6.45) is 0. The van der Waals surface area contributed by atoms with Crippen LogP contribution in [0.2, 0.25) is 0 Å². The first-order valence-electron chi connectivity index (χ1n) is 5.88. The minimum atomic E-state index is -0.0288. The lowest BCUT2D eigenvalue weighted by molar-refractivity contribution is -0.120. The molecule has 0 radical (unpaired) electrons. The fourth-order valence-corrected chi connectivity index (χ4v) is 1.65. The summed E-state index contributed by atoms with van der Waals surface area (Å²) in [4.78, 5) is 13.6. The van der Waals surface area contributed by atoms with E-state index in [1.165, 1.54) is 0 Å². The Morgan fingerprint density at radius 3 is 2.61 bits per heavy atom. The van der Waals surface area contributed by atoms with Crippen molar-refractivity contribution in [1.82, 2.24) is 5.32 Å². The Kier molecular flexibility index (Phi) is 5.45. The van der Waals surface area contributed by atoms with Crippen LogP contribution in [0.4, 0.5) is 11.4 Å². The van der Waals surface area contributed by atoms with Crippen molar-refractivity contribution in [2.45, 2.75) is 13.0 Å². The van der Waals surface area contributed by atoms with E-state index in [9.17, 15) is 4.79 Å². The molecular formula is C13H21N3O2. The summed E-state index contributed by atoms with van der Waals surface area (Å²) in [6, 6.07) is 7.43. The number of nitrogens with one attached hydrogen (secondary N) is 1. The highest BCUT2D eigenvalue weighted by molar-refractivity contribution is 5.81. The number of carbonyl (C=O) groups is 1. The molecule has 5 nitrogen and oxygen atoms in total. The molecule has 0 aliphatic heterocycles.